The molecule has 8 nitrogen and oxygen atoms in total. The van der Waals surface area contributed by atoms with Gasteiger partial charge in [0.2, 0.25) is 17.6 Å². The number of carbonyl (C=O) groups is 1. The standard InChI is InChI=1S/C26H28F2N6O2/c1-16(2)23(34-15-29-21-13-19(27)20(28)14-22(21)34)26(35)33-11-9-32(10-12-33)17(3)25-30-24(31-36-25)18-7-5-4-6-8-18/h4-8,13-17,23H,9-12H2,1-3H3. The molecule has 2 atom stereocenters. The quantitative estimate of drug-likeness (QED) is 0.394. The lowest BCUT2D eigenvalue weighted by Crippen LogP contribution is -2.51. The summed E-state index contributed by atoms with van der Waals surface area (Å²) in [6, 6.07) is 11.2. The second-order valence-corrected chi connectivity index (χ2v) is 9.46. The lowest BCUT2D eigenvalue weighted by molar-refractivity contribution is -0.138. The molecule has 10 heteroatoms. The molecule has 0 N–H and O–H groups in total. The van der Waals surface area contributed by atoms with E-state index < -0.39 is 17.7 Å². The molecule has 188 valence electrons. The zero-order valence-electron chi connectivity index (χ0n) is 20.4. The number of piperazine rings is 1. The van der Waals surface area contributed by atoms with Gasteiger partial charge in [0.1, 0.15) is 6.04 Å². The topological polar surface area (TPSA) is 80.3 Å². The molecule has 1 saturated heterocycles. The molecule has 0 spiro atoms. The molecular weight excluding hydrogens is 466 g/mol. The van der Waals surface area contributed by atoms with Gasteiger partial charge in [0, 0.05) is 43.9 Å². The number of rotatable bonds is 6. The van der Waals surface area contributed by atoms with Crippen LogP contribution in [0.5, 0.6) is 0 Å². The zero-order valence-corrected chi connectivity index (χ0v) is 20.4. The third kappa shape index (κ3) is 4.48. The van der Waals surface area contributed by atoms with E-state index >= 15 is 0 Å². The zero-order chi connectivity index (χ0) is 25.4. The highest BCUT2D eigenvalue weighted by molar-refractivity contribution is 5.84. The Morgan fingerprint density at radius 2 is 1.69 bits per heavy atom. The molecule has 0 aliphatic carbocycles. The third-order valence-corrected chi connectivity index (χ3v) is 6.81. The van der Waals surface area contributed by atoms with E-state index in [-0.39, 0.29) is 17.9 Å². The number of hydrogen-bond donors (Lipinski definition) is 0. The molecule has 0 saturated carbocycles. The highest BCUT2D eigenvalue weighted by atomic mass is 19.2. The fraction of sp³-hybridized carbons (Fsp3) is 0.385. The summed E-state index contributed by atoms with van der Waals surface area (Å²) in [6.07, 6.45) is 1.49. The average Bonchev–Trinajstić information content (AvgIpc) is 3.53. The maximum Gasteiger partial charge on any atom is 0.246 e. The van der Waals surface area contributed by atoms with Crippen molar-refractivity contribution in [1.29, 1.82) is 0 Å². The molecule has 1 amide bonds. The average molecular weight is 495 g/mol. The number of hydrogen-bond acceptors (Lipinski definition) is 6. The van der Waals surface area contributed by atoms with E-state index in [2.05, 4.69) is 20.0 Å². The predicted octanol–water partition coefficient (Wildman–Crippen LogP) is 4.47. The van der Waals surface area contributed by atoms with Crippen molar-refractivity contribution in [2.75, 3.05) is 26.2 Å². The van der Waals surface area contributed by atoms with Gasteiger partial charge < -0.3 is 14.0 Å². The van der Waals surface area contributed by atoms with Crippen LogP contribution in [-0.4, -0.2) is 61.6 Å². The second-order valence-electron chi connectivity index (χ2n) is 9.46. The van der Waals surface area contributed by atoms with Crippen molar-refractivity contribution in [3.8, 4) is 11.4 Å². The maximum atomic E-state index is 13.9. The molecule has 2 aromatic carbocycles. The number of fused-ring (bicyclic) bond motifs is 1. The SMILES string of the molecule is CC(C)C(C(=O)N1CCN(C(C)c2nc(-c3ccccc3)no2)CC1)n1cnc2cc(F)c(F)cc21. The first-order chi connectivity index (χ1) is 17.3. The Bertz CT molecular complexity index is 1360. The first-order valence-corrected chi connectivity index (χ1v) is 12.1. The largest absolute Gasteiger partial charge is 0.338 e. The van der Waals surface area contributed by atoms with Crippen LogP contribution in [0, 0.1) is 17.6 Å². The Morgan fingerprint density at radius 3 is 2.39 bits per heavy atom. The van der Waals surface area contributed by atoms with Gasteiger partial charge in [-0.15, -0.1) is 0 Å². The first kappa shape index (κ1) is 24.1. The van der Waals surface area contributed by atoms with Crippen molar-refractivity contribution < 1.29 is 18.1 Å². The minimum atomic E-state index is -0.960. The number of imidazole rings is 1. The fourth-order valence-electron chi connectivity index (χ4n) is 4.75. The van der Waals surface area contributed by atoms with E-state index in [4.69, 9.17) is 4.52 Å². The Kier molecular flexibility index (Phi) is 6.53. The number of benzene rings is 2. The molecule has 3 heterocycles. The van der Waals surface area contributed by atoms with Gasteiger partial charge >= 0.3 is 0 Å². The van der Waals surface area contributed by atoms with Gasteiger partial charge in [-0.05, 0) is 12.8 Å². The van der Waals surface area contributed by atoms with Crippen molar-refractivity contribution >= 4 is 16.9 Å². The molecule has 36 heavy (non-hydrogen) atoms. The van der Waals surface area contributed by atoms with Crippen molar-refractivity contribution in [2.24, 2.45) is 5.92 Å². The van der Waals surface area contributed by atoms with Crippen LogP contribution < -0.4 is 0 Å². The van der Waals surface area contributed by atoms with Crippen LogP contribution in [0.3, 0.4) is 0 Å². The number of amides is 1. The maximum absolute atomic E-state index is 13.9. The predicted molar refractivity (Wildman–Crippen MR) is 130 cm³/mol. The number of halogens is 2. The summed E-state index contributed by atoms with van der Waals surface area (Å²) >= 11 is 0. The van der Waals surface area contributed by atoms with Gasteiger partial charge in [0.25, 0.3) is 0 Å². The molecular formula is C26H28F2N6O2. The van der Waals surface area contributed by atoms with Gasteiger partial charge in [-0.2, -0.15) is 4.98 Å². The van der Waals surface area contributed by atoms with Gasteiger partial charge in [0.05, 0.1) is 23.4 Å². The van der Waals surface area contributed by atoms with Gasteiger partial charge in [-0.3, -0.25) is 9.69 Å². The summed E-state index contributed by atoms with van der Waals surface area (Å²) in [7, 11) is 0. The van der Waals surface area contributed by atoms with Crippen LogP contribution in [-0.2, 0) is 4.79 Å². The van der Waals surface area contributed by atoms with E-state index in [9.17, 15) is 13.6 Å². The van der Waals surface area contributed by atoms with Crippen molar-refractivity contribution in [2.45, 2.75) is 32.9 Å². The summed E-state index contributed by atoms with van der Waals surface area (Å²) < 4.78 is 34.8. The van der Waals surface area contributed by atoms with E-state index in [1.54, 1.807) is 4.57 Å². The van der Waals surface area contributed by atoms with Crippen LogP contribution in [0.2, 0.25) is 0 Å². The summed E-state index contributed by atoms with van der Waals surface area (Å²) in [5.41, 5.74) is 1.61. The molecule has 0 radical (unpaired) electrons. The molecule has 4 aromatic rings. The fourth-order valence-corrected chi connectivity index (χ4v) is 4.75. The van der Waals surface area contributed by atoms with Crippen LogP contribution >= 0.6 is 0 Å². The van der Waals surface area contributed by atoms with E-state index in [1.807, 2.05) is 56.0 Å². The summed E-state index contributed by atoms with van der Waals surface area (Å²) in [4.78, 5) is 26.4. The second kappa shape index (κ2) is 9.77. The molecule has 1 aliphatic heterocycles. The normalized spacial score (nSPS) is 16.6. The Morgan fingerprint density at radius 1 is 1.00 bits per heavy atom. The number of carbonyl (C=O) groups excluding carboxylic acids is 1. The van der Waals surface area contributed by atoms with Crippen LogP contribution in [0.1, 0.15) is 38.7 Å². The minimum absolute atomic E-state index is 0.0644. The van der Waals surface area contributed by atoms with Gasteiger partial charge in [-0.25, -0.2) is 13.8 Å². The molecule has 1 aliphatic rings. The highest BCUT2D eigenvalue weighted by Crippen LogP contribution is 2.29. The first-order valence-electron chi connectivity index (χ1n) is 12.1. The van der Waals surface area contributed by atoms with Crippen LogP contribution in [0.15, 0.2) is 53.3 Å². The minimum Gasteiger partial charge on any atom is -0.338 e. The van der Waals surface area contributed by atoms with Gasteiger partial charge in [0.15, 0.2) is 11.6 Å². The smallest absolute Gasteiger partial charge is 0.246 e. The van der Waals surface area contributed by atoms with Gasteiger partial charge in [-0.1, -0.05) is 49.3 Å². The number of nitrogens with zero attached hydrogens (tertiary/aromatic N) is 6. The monoisotopic (exact) mass is 494 g/mol. The highest BCUT2D eigenvalue weighted by Gasteiger charge is 2.33. The Labute approximate surface area is 207 Å². The van der Waals surface area contributed by atoms with E-state index in [0.717, 1.165) is 17.7 Å². The molecule has 5 rings (SSSR count). The lowest BCUT2D eigenvalue weighted by atomic mass is 10.0. The molecule has 0 bridgehead atoms. The number of aromatic nitrogens is 4. The summed E-state index contributed by atoms with van der Waals surface area (Å²) in [5, 5.41) is 4.12. The lowest BCUT2D eigenvalue weighted by Gasteiger charge is -2.39. The van der Waals surface area contributed by atoms with E-state index in [1.165, 1.54) is 6.33 Å². The Hall–Kier alpha value is -3.66. The van der Waals surface area contributed by atoms with E-state index in [0.29, 0.717) is 48.9 Å². The molecule has 2 aromatic heterocycles. The summed E-state index contributed by atoms with van der Waals surface area (Å²) in [5.74, 6) is -0.969. The van der Waals surface area contributed by atoms with Crippen molar-refractivity contribution in [3.05, 3.63) is 66.3 Å². The third-order valence-electron chi connectivity index (χ3n) is 6.81. The summed E-state index contributed by atoms with van der Waals surface area (Å²) in [6.45, 7) is 8.24. The van der Waals surface area contributed by atoms with Crippen molar-refractivity contribution in [1.82, 2.24) is 29.5 Å². The van der Waals surface area contributed by atoms with Crippen molar-refractivity contribution in [3.63, 3.8) is 0 Å². The molecule has 1 fully saturated rings. The molecule has 2 unspecified atom stereocenters. The Balaban J connectivity index is 1.28. The van der Waals surface area contributed by atoms with Crippen LogP contribution in [0.4, 0.5) is 8.78 Å². The van der Waals surface area contributed by atoms with Crippen LogP contribution in [0.25, 0.3) is 22.4 Å².